The van der Waals surface area contributed by atoms with E-state index in [1.807, 2.05) is 26.0 Å². The number of rotatable bonds is 8. The van der Waals surface area contributed by atoms with E-state index >= 15 is 0 Å². The SMILES string of the molecule is CCCc1ccc(OCC(O)COC(C)C)cc1. The lowest BCUT2D eigenvalue weighted by atomic mass is 10.1. The van der Waals surface area contributed by atoms with Crippen LogP contribution in [0, 0.1) is 0 Å². The Labute approximate surface area is 110 Å². The Morgan fingerprint density at radius 1 is 1.11 bits per heavy atom. The molecule has 1 N–H and O–H groups in total. The molecule has 0 fully saturated rings. The average molecular weight is 252 g/mol. The van der Waals surface area contributed by atoms with Gasteiger partial charge in [0.05, 0.1) is 12.7 Å². The first-order valence-corrected chi connectivity index (χ1v) is 6.63. The van der Waals surface area contributed by atoms with E-state index in [-0.39, 0.29) is 12.7 Å². The van der Waals surface area contributed by atoms with E-state index in [0.29, 0.717) is 6.61 Å². The molecule has 3 heteroatoms. The quantitative estimate of drug-likeness (QED) is 0.773. The zero-order chi connectivity index (χ0) is 13.4. The maximum Gasteiger partial charge on any atom is 0.119 e. The number of ether oxygens (including phenoxy) is 2. The van der Waals surface area contributed by atoms with Crippen molar-refractivity contribution in [1.82, 2.24) is 0 Å². The normalized spacial score (nSPS) is 12.7. The molecule has 0 aliphatic carbocycles. The summed E-state index contributed by atoms with van der Waals surface area (Å²) in [5.74, 6) is 0.790. The highest BCUT2D eigenvalue weighted by atomic mass is 16.5. The summed E-state index contributed by atoms with van der Waals surface area (Å²) in [6.45, 7) is 6.63. The van der Waals surface area contributed by atoms with Gasteiger partial charge in [-0.3, -0.25) is 0 Å². The average Bonchev–Trinajstić information content (AvgIpc) is 2.36. The molecule has 0 spiro atoms. The molecule has 1 rings (SSSR count). The van der Waals surface area contributed by atoms with Crippen LogP contribution in [-0.4, -0.2) is 30.5 Å². The molecular weight excluding hydrogens is 228 g/mol. The van der Waals surface area contributed by atoms with Gasteiger partial charge in [0.1, 0.15) is 18.5 Å². The zero-order valence-electron chi connectivity index (χ0n) is 11.6. The van der Waals surface area contributed by atoms with Gasteiger partial charge in [0.25, 0.3) is 0 Å². The molecule has 0 aliphatic heterocycles. The van der Waals surface area contributed by atoms with Crippen LogP contribution >= 0.6 is 0 Å². The lowest BCUT2D eigenvalue weighted by Gasteiger charge is -2.14. The van der Waals surface area contributed by atoms with Crippen molar-refractivity contribution in [3.8, 4) is 5.75 Å². The Morgan fingerprint density at radius 2 is 1.78 bits per heavy atom. The highest BCUT2D eigenvalue weighted by Gasteiger charge is 2.06. The fraction of sp³-hybridized carbons (Fsp3) is 0.600. The van der Waals surface area contributed by atoms with Crippen molar-refractivity contribution < 1.29 is 14.6 Å². The summed E-state index contributed by atoms with van der Waals surface area (Å²) >= 11 is 0. The number of aliphatic hydroxyl groups is 1. The highest BCUT2D eigenvalue weighted by Crippen LogP contribution is 2.13. The molecule has 0 bridgehead atoms. The number of benzene rings is 1. The predicted molar refractivity (Wildman–Crippen MR) is 73.0 cm³/mol. The predicted octanol–water partition coefficient (Wildman–Crippen LogP) is 2.80. The lowest BCUT2D eigenvalue weighted by molar-refractivity contribution is -0.0122. The van der Waals surface area contributed by atoms with Crippen molar-refractivity contribution >= 4 is 0 Å². The van der Waals surface area contributed by atoms with Crippen LogP contribution in [0.15, 0.2) is 24.3 Å². The summed E-state index contributed by atoms with van der Waals surface area (Å²) in [7, 11) is 0. The second-order valence-electron chi connectivity index (χ2n) is 4.74. The van der Waals surface area contributed by atoms with Gasteiger partial charge in [-0.15, -0.1) is 0 Å². The van der Waals surface area contributed by atoms with Crippen molar-refractivity contribution in [1.29, 1.82) is 0 Å². The van der Waals surface area contributed by atoms with Gasteiger partial charge in [0.2, 0.25) is 0 Å². The Balaban J connectivity index is 2.29. The van der Waals surface area contributed by atoms with Gasteiger partial charge in [0, 0.05) is 0 Å². The second-order valence-corrected chi connectivity index (χ2v) is 4.74. The Kier molecular flexibility index (Phi) is 6.76. The van der Waals surface area contributed by atoms with Crippen molar-refractivity contribution in [3.05, 3.63) is 29.8 Å². The minimum Gasteiger partial charge on any atom is -0.491 e. The van der Waals surface area contributed by atoms with Crippen molar-refractivity contribution in [2.75, 3.05) is 13.2 Å². The van der Waals surface area contributed by atoms with Gasteiger partial charge in [-0.1, -0.05) is 25.5 Å². The lowest BCUT2D eigenvalue weighted by Crippen LogP contribution is -2.25. The van der Waals surface area contributed by atoms with Crippen molar-refractivity contribution in [2.45, 2.75) is 45.8 Å². The number of aliphatic hydroxyl groups excluding tert-OH is 1. The van der Waals surface area contributed by atoms with Crippen LogP contribution < -0.4 is 4.74 Å². The van der Waals surface area contributed by atoms with Crippen LogP contribution in [0.1, 0.15) is 32.8 Å². The molecular formula is C15H24O3. The van der Waals surface area contributed by atoms with Crippen LogP contribution in [0.3, 0.4) is 0 Å². The maximum absolute atomic E-state index is 9.65. The van der Waals surface area contributed by atoms with Gasteiger partial charge in [-0.05, 0) is 38.0 Å². The third kappa shape index (κ3) is 6.03. The molecule has 0 aliphatic rings. The highest BCUT2D eigenvalue weighted by molar-refractivity contribution is 5.27. The van der Waals surface area contributed by atoms with Gasteiger partial charge in [-0.25, -0.2) is 0 Å². The molecule has 1 aromatic carbocycles. The van der Waals surface area contributed by atoms with E-state index in [4.69, 9.17) is 9.47 Å². The monoisotopic (exact) mass is 252 g/mol. The van der Waals surface area contributed by atoms with Crippen molar-refractivity contribution in [3.63, 3.8) is 0 Å². The van der Waals surface area contributed by atoms with Gasteiger partial charge in [-0.2, -0.15) is 0 Å². The largest absolute Gasteiger partial charge is 0.491 e. The summed E-state index contributed by atoms with van der Waals surface area (Å²) in [5, 5.41) is 9.65. The van der Waals surface area contributed by atoms with Crippen LogP contribution in [0.2, 0.25) is 0 Å². The van der Waals surface area contributed by atoms with E-state index in [1.165, 1.54) is 5.56 Å². The summed E-state index contributed by atoms with van der Waals surface area (Å²) in [4.78, 5) is 0. The molecule has 1 atom stereocenters. The summed E-state index contributed by atoms with van der Waals surface area (Å²) in [5.41, 5.74) is 1.31. The molecule has 0 heterocycles. The van der Waals surface area contributed by atoms with E-state index in [1.54, 1.807) is 0 Å². The number of aryl methyl sites for hydroxylation is 1. The molecule has 0 radical (unpaired) electrons. The molecule has 102 valence electrons. The van der Waals surface area contributed by atoms with E-state index in [0.717, 1.165) is 18.6 Å². The zero-order valence-corrected chi connectivity index (χ0v) is 11.6. The minimum atomic E-state index is -0.581. The molecule has 1 unspecified atom stereocenters. The van der Waals surface area contributed by atoms with E-state index < -0.39 is 6.10 Å². The van der Waals surface area contributed by atoms with E-state index in [9.17, 15) is 5.11 Å². The Hall–Kier alpha value is -1.06. The third-order valence-electron chi connectivity index (χ3n) is 2.53. The maximum atomic E-state index is 9.65. The van der Waals surface area contributed by atoms with Crippen LogP contribution in [0.5, 0.6) is 5.75 Å². The number of hydrogen-bond acceptors (Lipinski definition) is 3. The fourth-order valence-electron chi connectivity index (χ4n) is 1.59. The first-order valence-electron chi connectivity index (χ1n) is 6.63. The third-order valence-corrected chi connectivity index (χ3v) is 2.53. The van der Waals surface area contributed by atoms with Crippen molar-refractivity contribution in [2.24, 2.45) is 0 Å². The molecule has 0 aromatic heterocycles. The molecule has 3 nitrogen and oxygen atoms in total. The molecule has 0 amide bonds. The summed E-state index contributed by atoms with van der Waals surface area (Å²) in [6, 6.07) is 8.02. The van der Waals surface area contributed by atoms with Crippen LogP contribution in [-0.2, 0) is 11.2 Å². The molecule has 18 heavy (non-hydrogen) atoms. The van der Waals surface area contributed by atoms with Gasteiger partial charge in [0.15, 0.2) is 0 Å². The molecule has 1 aromatic rings. The molecule has 0 saturated heterocycles. The standard InChI is InChI=1S/C15H24O3/c1-4-5-13-6-8-15(9-7-13)18-11-14(16)10-17-12(2)3/h6-9,12,14,16H,4-5,10-11H2,1-3H3. The smallest absolute Gasteiger partial charge is 0.119 e. The van der Waals surface area contributed by atoms with E-state index in [2.05, 4.69) is 19.1 Å². The Bertz CT molecular complexity index is 319. The number of hydrogen-bond donors (Lipinski definition) is 1. The van der Waals surface area contributed by atoms with Gasteiger partial charge >= 0.3 is 0 Å². The van der Waals surface area contributed by atoms with Crippen LogP contribution in [0.4, 0.5) is 0 Å². The second kappa shape index (κ2) is 8.11. The molecule has 0 saturated carbocycles. The van der Waals surface area contributed by atoms with Crippen LogP contribution in [0.25, 0.3) is 0 Å². The first-order chi connectivity index (χ1) is 8.61. The van der Waals surface area contributed by atoms with Gasteiger partial charge < -0.3 is 14.6 Å². The summed E-state index contributed by atoms with van der Waals surface area (Å²) < 4.78 is 10.8. The first kappa shape index (κ1) is 15.0. The fourth-order valence-corrected chi connectivity index (χ4v) is 1.59. The summed E-state index contributed by atoms with van der Waals surface area (Å²) in [6.07, 6.45) is 1.78. The minimum absolute atomic E-state index is 0.132. The topological polar surface area (TPSA) is 38.7 Å². The Morgan fingerprint density at radius 3 is 2.33 bits per heavy atom.